The molecule has 0 aromatic heterocycles. The van der Waals surface area contributed by atoms with E-state index in [1.807, 2.05) is 36.4 Å². The lowest BCUT2D eigenvalue weighted by Crippen LogP contribution is -2.22. The Morgan fingerprint density at radius 2 is 1.62 bits per heavy atom. The van der Waals surface area contributed by atoms with E-state index in [-0.39, 0.29) is 12.5 Å². The van der Waals surface area contributed by atoms with Gasteiger partial charge in [-0.1, -0.05) is 38.1 Å². The lowest BCUT2D eigenvalue weighted by molar-refractivity contribution is -0.114. The topological polar surface area (TPSA) is 59.6 Å². The van der Waals surface area contributed by atoms with Crippen molar-refractivity contribution in [1.29, 1.82) is 0 Å². The molecule has 0 saturated carbocycles. The fourth-order valence-corrected chi connectivity index (χ4v) is 2.11. The first-order chi connectivity index (χ1) is 11.6. The summed E-state index contributed by atoms with van der Waals surface area (Å²) < 4.78 is 11.0. The van der Waals surface area contributed by atoms with Gasteiger partial charge in [-0.05, 0) is 30.2 Å². The summed E-state index contributed by atoms with van der Waals surface area (Å²) in [5.41, 5.74) is 1.45. The van der Waals surface area contributed by atoms with Gasteiger partial charge in [0.1, 0.15) is 11.5 Å². The average molecular weight is 328 g/mol. The largest absolute Gasteiger partial charge is 0.495 e. The van der Waals surface area contributed by atoms with Crippen LogP contribution in [0.5, 0.6) is 11.5 Å². The van der Waals surface area contributed by atoms with Gasteiger partial charge in [-0.15, -0.1) is 0 Å². The van der Waals surface area contributed by atoms with E-state index in [9.17, 15) is 4.79 Å². The zero-order chi connectivity index (χ0) is 17.4. The van der Waals surface area contributed by atoms with Gasteiger partial charge < -0.3 is 20.1 Å². The van der Waals surface area contributed by atoms with Crippen molar-refractivity contribution in [2.75, 3.05) is 30.9 Å². The second kappa shape index (κ2) is 8.82. The summed E-state index contributed by atoms with van der Waals surface area (Å²) in [5, 5.41) is 5.95. The Morgan fingerprint density at radius 3 is 2.29 bits per heavy atom. The van der Waals surface area contributed by atoms with E-state index in [2.05, 4.69) is 24.5 Å². The van der Waals surface area contributed by atoms with Crippen molar-refractivity contribution in [3.63, 3.8) is 0 Å². The molecule has 24 heavy (non-hydrogen) atoms. The maximum Gasteiger partial charge on any atom is 0.243 e. The molecule has 2 rings (SSSR count). The van der Waals surface area contributed by atoms with E-state index < -0.39 is 0 Å². The molecule has 2 N–H and O–H groups in total. The molecular formula is C19H24N2O3. The Labute approximate surface area is 143 Å². The highest BCUT2D eigenvalue weighted by molar-refractivity contribution is 5.95. The SMILES string of the molecule is COc1ccccc1NC(=O)CNc1ccccc1OCC(C)C. The molecule has 1 amide bonds. The van der Waals surface area contributed by atoms with Gasteiger partial charge in [0.25, 0.3) is 0 Å². The number of amides is 1. The second-order valence-electron chi connectivity index (χ2n) is 5.80. The van der Waals surface area contributed by atoms with E-state index in [4.69, 9.17) is 9.47 Å². The van der Waals surface area contributed by atoms with Crippen LogP contribution in [0.15, 0.2) is 48.5 Å². The van der Waals surface area contributed by atoms with Crippen molar-refractivity contribution < 1.29 is 14.3 Å². The molecule has 5 heteroatoms. The number of ether oxygens (including phenoxy) is 2. The summed E-state index contributed by atoms with van der Waals surface area (Å²) in [5.74, 6) is 1.66. The molecule has 0 aliphatic heterocycles. The number of anilines is 2. The third-order valence-electron chi connectivity index (χ3n) is 3.28. The van der Waals surface area contributed by atoms with Gasteiger partial charge in [-0.3, -0.25) is 4.79 Å². The minimum Gasteiger partial charge on any atom is -0.495 e. The second-order valence-corrected chi connectivity index (χ2v) is 5.80. The fourth-order valence-electron chi connectivity index (χ4n) is 2.11. The third kappa shape index (κ3) is 5.19. The normalized spacial score (nSPS) is 10.3. The van der Waals surface area contributed by atoms with Crippen LogP contribution in [0, 0.1) is 5.92 Å². The lowest BCUT2D eigenvalue weighted by atomic mass is 10.2. The number of rotatable bonds is 8. The first-order valence-corrected chi connectivity index (χ1v) is 7.98. The number of carbonyl (C=O) groups excluding carboxylic acids is 1. The molecule has 0 unspecified atom stereocenters. The molecule has 0 saturated heterocycles. The van der Waals surface area contributed by atoms with Crippen molar-refractivity contribution in [1.82, 2.24) is 0 Å². The van der Waals surface area contributed by atoms with Crippen molar-refractivity contribution in [2.45, 2.75) is 13.8 Å². The summed E-state index contributed by atoms with van der Waals surface area (Å²) in [6.45, 7) is 4.96. The highest BCUT2D eigenvalue weighted by Gasteiger charge is 2.09. The zero-order valence-corrected chi connectivity index (χ0v) is 14.3. The first-order valence-electron chi connectivity index (χ1n) is 7.98. The highest BCUT2D eigenvalue weighted by Crippen LogP contribution is 2.25. The van der Waals surface area contributed by atoms with Crippen LogP contribution in [0.1, 0.15) is 13.8 Å². The van der Waals surface area contributed by atoms with E-state index in [0.717, 1.165) is 11.4 Å². The quantitative estimate of drug-likeness (QED) is 0.774. The van der Waals surface area contributed by atoms with E-state index in [0.29, 0.717) is 24.0 Å². The summed E-state index contributed by atoms with van der Waals surface area (Å²) in [6, 6.07) is 14.9. The Bertz CT molecular complexity index is 671. The lowest BCUT2D eigenvalue weighted by Gasteiger charge is -2.15. The minimum atomic E-state index is -0.154. The number of methoxy groups -OCH3 is 1. The number of nitrogens with one attached hydrogen (secondary N) is 2. The van der Waals surface area contributed by atoms with Crippen LogP contribution in [0.2, 0.25) is 0 Å². The predicted octanol–water partition coefficient (Wildman–Crippen LogP) is 3.78. The van der Waals surface area contributed by atoms with Crippen molar-refractivity contribution in [2.24, 2.45) is 5.92 Å². The minimum absolute atomic E-state index is 0.139. The van der Waals surface area contributed by atoms with Gasteiger partial charge in [0.05, 0.1) is 31.6 Å². The van der Waals surface area contributed by atoms with Gasteiger partial charge in [-0.25, -0.2) is 0 Å². The molecule has 2 aromatic carbocycles. The van der Waals surface area contributed by atoms with Gasteiger partial charge in [0.2, 0.25) is 5.91 Å². The smallest absolute Gasteiger partial charge is 0.243 e. The molecule has 0 heterocycles. The number of hydrogen-bond donors (Lipinski definition) is 2. The van der Waals surface area contributed by atoms with Gasteiger partial charge in [0.15, 0.2) is 0 Å². The molecule has 0 radical (unpaired) electrons. The van der Waals surface area contributed by atoms with Crippen molar-refractivity contribution in [3.8, 4) is 11.5 Å². The van der Waals surface area contributed by atoms with Crippen molar-refractivity contribution in [3.05, 3.63) is 48.5 Å². The maximum atomic E-state index is 12.2. The molecular weight excluding hydrogens is 304 g/mol. The summed E-state index contributed by atoms with van der Waals surface area (Å²) in [6.07, 6.45) is 0. The van der Waals surface area contributed by atoms with Crippen LogP contribution < -0.4 is 20.1 Å². The molecule has 0 atom stereocenters. The molecule has 0 fully saturated rings. The predicted molar refractivity (Wildman–Crippen MR) is 96.9 cm³/mol. The monoisotopic (exact) mass is 328 g/mol. The van der Waals surface area contributed by atoms with E-state index >= 15 is 0 Å². The number of hydrogen-bond acceptors (Lipinski definition) is 4. The molecule has 0 aliphatic rings. The number of benzene rings is 2. The number of para-hydroxylation sites is 4. The zero-order valence-electron chi connectivity index (χ0n) is 14.3. The summed E-state index contributed by atoms with van der Waals surface area (Å²) in [4.78, 5) is 12.2. The summed E-state index contributed by atoms with van der Waals surface area (Å²) >= 11 is 0. The third-order valence-corrected chi connectivity index (χ3v) is 3.28. The molecule has 5 nitrogen and oxygen atoms in total. The van der Waals surface area contributed by atoms with Crippen LogP contribution in [0.25, 0.3) is 0 Å². The molecule has 0 spiro atoms. The van der Waals surface area contributed by atoms with Gasteiger partial charge in [0, 0.05) is 0 Å². The Balaban J connectivity index is 1.94. The molecule has 2 aromatic rings. The molecule has 0 bridgehead atoms. The van der Waals surface area contributed by atoms with Crippen molar-refractivity contribution >= 4 is 17.3 Å². The van der Waals surface area contributed by atoms with Gasteiger partial charge >= 0.3 is 0 Å². The van der Waals surface area contributed by atoms with Gasteiger partial charge in [-0.2, -0.15) is 0 Å². The molecule has 128 valence electrons. The summed E-state index contributed by atoms with van der Waals surface area (Å²) in [7, 11) is 1.57. The Kier molecular flexibility index (Phi) is 6.49. The van der Waals surface area contributed by atoms with E-state index in [1.54, 1.807) is 19.2 Å². The van der Waals surface area contributed by atoms with E-state index in [1.165, 1.54) is 0 Å². The van der Waals surface area contributed by atoms with Crippen LogP contribution in [-0.2, 0) is 4.79 Å². The first kappa shape index (κ1) is 17.7. The standard InChI is InChI=1S/C19H24N2O3/c1-14(2)13-24-18-11-7-4-8-15(18)20-12-19(22)21-16-9-5-6-10-17(16)23-3/h4-11,14,20H,12-13H2,1-3H3,(H,21,22). The van der Waals surface area contributed by atoms with Crippen LogP contribution in [0.4, 0.5) is 11.4 Å². The number of carbonyl (C=O) groups is 1. The maximum absolute atomic E-state index is 12.2. The Hall–Kier alpha value is -2.69. The average Bonchev–Trinajstić information content (AvgIpc) is 2.59. The van der Waals surface area contributed by atoms with Crippen LogP contribution in [-0.4, -0.2) is 26.2 Å². The van der Waals surface area contributed by atoms with Crippen LogP contribution in [0.3, 0.4) is 0 Å². The highest BCUT2D eigenvalue weighted by atomic mass is 16.5. The Morgan fingerprint density at radius 1 is 1.00 bits per heavy atom. The molecule has 0 aliphatic carbocycles. The van der Waals surface area contributed by atoms with Crippen LogP contribution >= 0.6 is 0 Å². The fraction of sp³-hybridized carbons (Fsp3) is 0.316.